The van der Waals surface area contributed by atoms with Gasteiger partial charge in [-0.25, -0.2) is 28.4 Å². The van der Waals surface area contributed by atoms with Gasteiger partial charge in [0.15, 0.2) is 16.7 Å². The molecule has 3 heterocycles. The summed E-state index contributed by atoms with van der Waals surface area (Å²) in [5, 5.41) is 9.19. The summed E-state index contributed by atoms with van der Waals surface area (Å²) >= 11 is 1.19. The number of aromatic nitrogens is 2. The van der Waals surface area contributed by atoms with Gasteiger partial charge in [0.05, 0.1) is 31.1 Å². The first-order valence-electron chi connectivity index (χ1n) is 16.6. The molecule has 0 spiro atoms. The number of carbonyl (C=O) groups is 2. The van der Waals surface area contributed by atoms with Gasteiger partial charge in [0.2, 0.25) is 5.91 Å². The molecule has 0 unspecified atom stereocenters. The molecule has 50 heavy (non-hydrogen) atoms. The van der Waals surface area contributed by atoms with Gasteiger partial charge < -0.3 is 19.1 Å². The standard InChI is InChI=1S/C35H44F2N6O5SSi/c1-33(2,3)48-32(45)43(22-47-14-15-50(5,6)7)31-41-34(4,29-18-35(29,49-31)30(44)42-10-12-46-13-11-42)25-16-23(8-9-26(25)36)17-27(37)28-21-39-24(19-38)20-40-28/h8-9,16-17,20-21,29H,10-15,18,22H2,1-7H3/b27-17-/t29-,34+,35-/m0/s1. The third-order valence-corrected chi connectivity index (χ3v) is 11.9. The highest BCUT2D eigenvalue weighted by Gasteiger charge is 2.72. The number of amidine groups is 1. The van der Waals surface area contributed by atoms with Gasteiger partial charge in [-0.1, -0.05) is 37.5 Å². The van der Waals surface area contributed by atoms with Crippen LogP contribution in [0.15, 0.2) is 35.6 Å². The first-order valence-corrected chi connectivity index (χ1v) is 21.1. The third kappa shape index (κ3) is 8.42. The lowest BCUT2D eigenvalue weighted by molar-refractivity contribution is -0.136. The number of nitrogens with zero attached hydrogens (tertiary/aromatic N) is 6. The summed E-state index contributed by atoms with van der Waals surface area (Å²) in [6.07, 6.45) is 3.19. The number of ether oxygens (including phenoxy) is 3. The summed E-state index contributed by atoms with van der Waals surface area (Å²) in [6.45, 7) is 15.6. The first-order chi connectivity index (χ1) is 23.5. The average molecular weight is 727 g/mol. The topological polar surface area (TPSA) is 130 Å². The summed E-state index contributed by atoms with van der Waals surface area (Å²) in [5.74, 6) is -1.88. The van der Waals surface area contributed by atoms with Crippen molar-refractivity contribution in [3.8, 4) is 6.07 Å². The Morgan fingerprint density at radius 3 is 2.56 bits per heavy atom. The number of amides is 2. The fraction of sp³-hybridized carbons (Fsp3) is 0.543. The molecular formula is C35H44F2N6O5SSi. The molecule has 1 saturated heterocycles. The molecule has 15 heteroatoms. The number of fused-ring (bicyclic) bond motifs is 1. The number of thioether (sulfide) groups is 1. The number of halogens is 2. The molecule has 1 aromatic heterocycles. The monoisotopic (exact) mass is 726 g/mol. The molecule has 11 nitrogen and oxygen atoms in total. The minimum atomic E-state index is -1.45. The van der Waals surface area contributed by atoms with Crippen molar-refractivity contribution < 1.29 is 32.6 Å². The number of morpholine rings is 1. The van der Waals surface area contributed by atoms with Crippen molar-refractivity contribution >= 4 is 48.9 Å². The fourth-order valence-corrected chi connectivity index (χ4v) is 8.33. The third-order valence-electron chi connectivity index (χ3n) is 8.75. The largest absolute Gasteiger partial charge is 0.443 e. The normalized spacial score (nSPS) is 23.8. The number of hydrogen-bond donors (Lipinski definition) is 0. The Hall–Kier alpha value is -3.71. The minimum Gasteiger partial charge on any atom is -0.443 e. The molecule has 0 radical (unpaired) electrons. The van der Waals surface area contributed by atoms with Crippen molar-refractivity contribution in [1.29, 1.82) is 5.26 Å². The van der Waals surface area contributed by atoms with E-state index in [-0.39, 0.29) is 34.8 Å². The smallest absolute Gasteiger partial charge is 0.418 e. The molecule has 2 fully saturated rings. The van der Waals surface area contributed by atoms with E-state index in [0.29, 0.717) is 44.9 Å². The van der Waals surface area contributed by atoms with Crippen molar-refractivity contribution in [2.24, 2.45) is 10.9 Å². The van der Waals surface area contributed by atoms with Crippen molar-refractivity contribution in [2.75, 3.05) is 39.6 Å². The predicted molar refractivity (Wildman–Crippen MR) is 190 cm³/mol. The molecule has 2 aromatic rings. The lowest BCUT2D eigenvalue weighted by Crippen LogP contribution is -2.51. The van der Waals surface area contributed by atoms with E-state index in [9.17, 15) is 9.59 Å². The molecule has 1 aliphatic carbocycles. The summed E-state index contributed by atoms with van der Waals surface area (Å²) in [4.78, 5) is 44.0. The summed E-state index contributed by atoms with van der Waals surface area (Å²) in [5.41, 5.74) is -1.74. The van der Waals surface area contributed by atoms with Gasteiger partial charge in [0.25, 0.3) is 0 Å². The molecular weight excluding hydrogens is 683 g/mol. The molecule has 1 saturated carbocycles. The quantitative estimate of drug-likeness (QED) is 0.163. The summed E-state index contributed by atoms with van der Waals surface area (Å²) in [6, 6.07) is 6.88. The van der Waals surface area contributed by atoms with Gasteiger partial charge in [0, 0.05) is 39.3 Å². The van der Waals surface area contributed by atoms with E-state index in [1.807, 2.05) is 6.07 Å². The van der Waals surface area contributed by atoms with Crippen molar-refractivity contribution in [2.45, 2.75) is 75.7 Å². The van der Waals surface area contributed by atoms with Crippen LogP contribution in [0.2, 0.25) is 25.7 Å². The Kier molecular flexibility index (Phi) is 10.9. The van der Waals surface area contributed by atoms with E-state index in [4.69, 9.17) is 24.5 Å². The van der Waals surface area contributed by atoms with Crippen molar-refractivity contribution in [3.05, 3.63) is 58.9 Å². The van der Waals surface area contributed by atoms with E-state index in [1.54, 1.807) is 32.6 Å². The number of rotatable bonds is 9. The molecule has 2 aliphatic heterocycles. The maximum absolute atomic E-state index is 16.0. The second kappa shape index (κ2) is 14.5. The Bertz CT molecular complexity index is 1720. The second-order valence-corrected chi connectivity index (χ2v) is 22.0. The maximum atomic E-state index is 16.0. The molecule has 2 amide bonds. The van der Waals surface area contributed by atoms with Crippen molar-refractivity contribution in [3.63, 3.8) is 0 Å². The van der Waals surface area contributed by atoms with Gasteiger partial charge in [-0.2, -0.15) is 5.26 Å². The van der Waals surface area contributed by atoms with Crippen LogP contribution >= 0.6 is 11.8 Å². The second-order valence-electron chi connectivity index (χ2n) is 15.1. The van der Waals surface area contributed by atoms with E-state index in [0.717, 1.165) is 12.2 Å². The van der Waals surface area contributed by atoms with E-state index >= 15 is 8.78 Å². The molecule has 0 N–H and O–H groups in total. The van der Waals surface area contributed by atoms with Gasteiger partial charge in [0.1, 0.15) is 34.7 Å². The number of aliphatic imine (C=N–C) groups is 1. The van der Waals surface area contributed by atoms with Crippen LogP contribution in [0.25, 0.3) is 11.9 Å². The summed E-state index contributed by atoms with van der Waals surface area (Å²) < 4.78 is 47.6. The average Bonchev–Trinajstić information content (AvgIpc) is 3.81. The minimum absolute atomic E-state index is 0.0452. The zero-order chi connectivity index (χ0) is 36.5. The number of hydrogen-bond acceptors (Lipinski definition) is 10. The van der Waals surface area contributed by atoms with Gasteiger partial charge in [-0.05, 0) is 63.9 Å². The van der Waals surface area contributed by atoms with Gasteiger partial charge in [-0.15, -0.1) is 0 Å². The van der Waals surface area contributed by atoms with Crippen LogP contribution in [0, 0.1) is 23.1 Å². The predicted octanol–water partition coefficient (Wildman–Crippen LogP) is 6.44. The van der Waals surface area contributed by atoms with Crippen LogP contribution in [0.1, 0.15) is 56.6 Å². The van der Waals surface area contributed by atoms with E-state index in [2.05, 4.69) is 29.6 Å². The highest BCUT2D eigenvalue weighted by molar-refractivity contribution is 8.16. The molecule has 3 atom stereocenters. The zero-order valence-corrected chi connectivity index (χ0v) is 31.4. The van der Waals surface area contributed by atoms with Gasteiger partial charge in [-0.3, -0.25) is 9.79 Å². The molecule has 3 aliphatic rings. The van der Waals surface area contributed by atoms with Crippen LogP contribution < -0.4 is 0 Å². The zero-order valence-electron chi connectivity index (χ0n) is 29.6. The fourth-order valence-electron chi connectivity index (χ4n) is 5.94. The molecule has 0 bridgehead atoms. The van der Waals surface area contributed by atoms with Crippen molar-refractivity contribution in [1.82, 2.24) is 19.8 Å². The van der Waals surface area contributed by atoms with Crippen LogP contribution in [-0.2, 0) is 24.5 Å². The lowest BCUT2D eigenvalue weighted by atomic mass is 9.84. The van der Waals surface area contributed by atoms with E-state index in [1.165, 1.54) is 47.1 Å². The number of nitriles is 1. The summed E-state index contributed by atoms with van der Waals surface area (Å²) in [7, 11) is -1.45. The Balaban J connectivity index is 1.57. The van der Waals surface area contributed by atoms with E-state index < -0.39 is 47.6 Å². The molecule has 1 aromatic carbocycles. The Morgan fingerprint density at radius 2 is 1.94 bits per heavy atom. The van der Waals surface area contributed by atoms with Crippen LogP contribution in [0.4, 0.5) is 13.6 Å². The first kappa shape index (κ1) is 37.5. The van der Waals surface area contributed by atoms with Gasteiger partial charge >= 0.3 is 6.09 Å². The number of benzene rings is 1. The highest BCUT2D eigenvalue weighted by atomic mass is 32.2. The van der Waals surface area contributed by atoms with Crippen LogP contribution in [-0.4, -0.2) is 95.0 Å². The maximum Gasteiger partial charge on any atom is 0.418 e. The Morgan fingerprint density at radius 1 is 1.22 bits per heavy atom. The SMILES string of the molecule is CC(C)(C)OC(=O)N(COCC[Si](C)(C)C)C1=N[C@](C)(c2cc(/C=C(\F)c3cnc(C#N)cn3)ccc2F)[C@@H]2C[C@]2(C(=O)N2CCOCC2)S1. The van der Waals surface area contributed by atoms with Crippen LogP contribution in [0.5, 0.6) is 0 Å². The Labute approximate surface area is 297 Å². The molecule has 5 rings (SSSR count). The highest BCUT2D eigenvalue weighted by Crippen LogP contribution is 2.67. The lowest BCUT2D eigenvalue weighted by Gasteiger charge is -2.39. The van der Waals surface area contributed by atoms with Crippen LogP contribution in [0.3, 0.4) is 0 Å². The molecule has 268 valence electrons. The number of carbonyl (C=O) groups excluding carboxylic acids is 2.